The van der Waals surface area contributed by atoms with Crippen LogP contribution in [0.25, 0.3) is 0 Å². The predicted molar refractivity (Wildman–Crippen MR) is 183 cm³/mol. The number of carboxylic acid groups (broad SMARTS) is 1. The molecule has 3 atom stereocenters. The fraction of sp³-hybridized carbons (Fsp3) is 0.625. The van der Waals surface area contributed by atoms with Crippen LogP contribution in [0.4, 0.5) is 0 Å². The minimum atomic E-state index is -1.58. The molecule has 0 amide bonds. The van der Waals surface area contributed by atoms with E-state index in [1.54, 1.807) is 0 Å². The summed E-state index contributed by atoms with van der Waals surface area (Å²) in [6, 6.07) is 20.4. The number of carbonyl (C=O) groups is 3. The van der Waals surface area contributed by atoms with Gasteiger partial charge in [0.15, 0.2) is 0 Å². The van der Waals surface area contributed by atoms with Gasteiger partial charge in [-0.3, -0.25) is 4.79 Å². The molecule has 0 saturated carbocycles. The molecular formula is C40H57NO7. The number of quaternary nitrogens is 1. The molecule has 3 aliphatic rings. The van der Waals surface area contributed by atoms with Crippen LogP contribution >= 0.6 is 0 Å². The number of esters is 2. The van der Waals surface area contributed by atoms with Gasteiger partial charge in [0, 0.05) is 57.3 Å². The number of nitrogens with zero attached hydrogens (tertiary/aromatic N) is 1. The number of benzene rings is 2. The van der Waals surface area contributed by atoms with Gasteiger partial charge >= 0.3 is 11.9 Å². The zero-order chi connectivity index (χ0) is 34.4. The molecule has 5 rings (SSSR count). The summed E-state index contributed by atoms with van der Waals surface area (Å²) < 4.78 is 20.7. The third-order valence-electron chi connectivity index (χ3n) is 10.7. The summed E-state index contributed by atoms with van der Waals surface area (Å²) in [7, 11) is 0. The lowest BCUT2D eigenvalue weighted by Gasteiger charge is -2.47. The first-order valence-corrected chi connectivity index (χ1v) is 18.4. The predicted octanol–water partition coefficient (Wildman–Crippen LogP) is 6.83. The minimum absolute atomic E-state index is 0.146. The Morgan fingerprint density at radius 3 is 1.85 bits per heavy atom. The molecule has 48 heavy (non-hydrogen) atoms. The van der Waals surface area contributed by atoms with E-state index in [-0.39, 0.29) is 18.0 Å². The quantitative estimate of drug-likeness (QED) is 0.0638. The maximum atomic E-state index is 14.8. The van der Waals surface area contributed by atoms with Crippen LogP contribution in [0.15, 0.2) is 60.7 Å². The fourth-order valence-corrected chi connectivity index (χ4v) is 8.36. The molecule has 264 valence electrons. The molecule has 3 fully saturated rings. The highest BCUT2D eigenvalue weighted by atomic mass is 16.7. The van der Waals surface area contributed by atoms with Crippen molar-refractivity contribution in [1.82, 2.24) is 0 Å². The van der Waals surface area contributed by atoms with Crippen LogP contribution in [0.5, 0.6) is 0 Å². The van der Waals surface area contributed by atoms with Crippen LogP contribution in [-0.2, 0) is 34.2 Å². The topological polar surface area (TPSA) is 102 Å². The van der Waals surface area contributed by atoms with Gasteiger partial charge in [0.25, 0.3) is 0 Å². The summed E-state index contributed by atoms with van der Waals surface area (Å²) in [5.41, 5.74) is -0.221. The van der Waals surface area contributed by atoms with Crippen molar-refractivity contribution in [3.05, 3.63) is 71.8 Å². The average molecular weight is 664 g/mol. The van der Waals surface area contributed by atoms with Crippen LogP contribution in [0, 0.1) is 5.92 Å². The standard InChI is InChI=1S/C39H56NO5.CH2O2/c1-4-5-6-7-8-9-16-23-36(41)44-37(30(2)3)45-39(31-19-12-10-13-20-31,32-21-14-11-15-22-32)38(42)43-35-28-33-24-25-34(29-35)40(33)26-17-18-27-40;2-1-3/h10-15,19-22,30,33-35,37H,4-9,16-18,23-29H2,1-3H3;1H,(H,2,3)/q+1;/p-1. The van der Waals surface area contributed by atoms with Crippen LogP contribution in [-0.4, -0.2) is 60.5 Å². The van der Waals surface area contributed by atoms with Crippen LogP contribution < -0.4 is 5.11 Å². The van der Waals surface area contributed by atoms with Crippen molar-refractivity contribution in [2.24, 2.45) is 5.92 Å². The van der Waals surface area contributed by atoms with Gasteiger partial charge in [-0.2, -0.15) is 0 Å². The van der Waals surface area contributed by atoms with Crippen molar-refractivity contribution in [3.8, 4) is 0 Å². The zero-order valence-electron chi connectivity index (χ0n) is 29.4. The maximum absolute atomic E-state index is 14.8. The molecule has 0 aromatic heterocycles. The van der Waals surface area contributed by atoms with E-state index in [9.17, 15) is 9.59 Å². The van der Waals surface area contributed by atoms with Crippen molar-refractivity contribution in [2.75, 3.05) is 13.1 Å². The Morgan fingerprint density at radius 2 is 1.35 bits per heavy atom. The summed E-state index contributed by atoms with van der Waals surface area (Å²) in [5, 5.41) is 8.25. The first-order valence-electron chi connectivity index (χ1n) is 18.4. The fourth-order valence-electron chi connectivity index (χ4n) is 8.36. The number of unbranched alkanes of at least 4 members (excludes halogenated alkanes) is 6. The molecule has 2 aromatic carbocycles. The number of hydrogen-bond acceptors (Lipinski definition) is 7. The molecule has 8 heteroatoms. The maximum Gasteiger partial charge on any atom is 0.348 e. The Morgan fingerprint density at radius 1 is 0.854 bits per heavy atom. The molecule has 8 nitrogen and oxygen atoms in total. The number of piperidine rings is 1. The SMILES string of the molecule is CCCCCCCCCC(=O)OC(OC(C(=O)OC1CC2CCC(C1)[N+]21CCCC1)(c1ccccc1)c1ccccc1)C(C)C.O=C[O-]. The van der Waals surface area contributed by atoms with Gasteiger partial charge in [-0.25, -0.2) is 4.79 Å². The first-order chi connectivity index (χ1) is 23.3. The molecular weight excluding hydrogens is 606 g/mol. The van der Waals surface area contributed by atoms with E-state index in [1.165, 1.54) is 68.9 Å². The van der Waals surface area contributed by atoms with Crippen LogP contribution in [0.1, 0.15) is 122 Å². The highest BCUT2D eigenvalue weighted by Gasteiger charge is 2.57. The molecule has 2 bridgehead atoms. The van der Waals surface area contributed by atoms with Crippen molar-refractivity contribution in [1.29, 1.82) is 0 Å². The normalized spacial score (nSPS) is 21.7. The van der Waals surface area contributed by atoms with E-state index in [4.69, 9.17) is 24.1 Å². The Balaban J connectivity index is 0.00000167. The Bertz CT molecular complexity index is 1210. The van der Waals surface area contributed by atoms with Crippen LogP contribution in [0.2, 0.25) is 0 Å². The highest BCUT2D eigenvalue weighted by Crippen LogP contribution is 2.47. The third-order valence-corrected chi connectivity index (χ3v) is 10.7. The monoisotopic (exact) mass is 663 g/mol. The van der Waals surface area contributed by atoms with E-state index >= 15 is 0 Å². The molecule has 0 N–H and O–H groups in total. The second-order valence-electron chi connectivity index (χ2n) is 14.2. The van der Waals surface area contributed by atoms with Crippen molar-refractivity contribution in [3.63, 3.8) is 0 Å². The van der Waals surface area contributed by atoms with Gasteiger partial charge in [0.05, 0.1) is 25.2 Å². The summed E-state index contributed by atoms with van der Waals surface area (Å²) in [4.78, 5) is 36.1. The lowest BCUT2D eigenvalue weighted by atomic mass is 9.85. The zero-order valence-corrected chi connectivity index (χ0v) is 29.4. The first kappa shape index (κ1) is 37.6. The van der Waals surface area contributed by atoms with Crippen LogP contribution in [0.3, 0.4) is 0 Å². The molecule has 3 saturated heterocycles. The second kappa shape index (κ2) is 18.5. The summed E-state index contributed by atoms with van der Waals surface area (Å²) in [6.07, 6.45) is 14.1. The highest BCUT2D eigenvalue weighted by molar-refractivity contribution is 5.86. The summed E-state index contributed by atoms with van der Waals surface area (Å²) in [6.45, 7) is 8.21. The van der Waals surface area contributed by atoms with E-state index in [0.717, 1.165) is 32.1 Å². The molecule has 0 radical (unpaired) electrons. The smallest absolute Gasteiger partial charge is 0.348 e. The van der Waals surface area contributed by atoms with Gasteiger partial charge in [0.1, 0.15) is 6.10 Å². The van der Waals surface area contributed by atoms with Gasteiger partial charge < -0.3 is 28.6 Å². The molecule has 3 unspecified atom stereocenters. The van der Waals surface area contributed by atoms with Gasteiger partial charge in [0.2, 0.25) is 11.9 Å². The molecule has 3 aliphatic heterocycles. The lowest BCUT2D eigenvalue weighted by Crippen LogP contribution is -2.60. The second-order valence-corrected chi connectivity index (χ2v) is 14.2. The van der Waals surface area contributed by atoms with Crippen molar-refractivity contribution in [2.45, 2.75) is 141 Å². The molecule has 1 spiro atoms. The lowest BCUT2D eigenvalue weighted by molar-refractivity contribution is -0.956. The van der Waals surface area contributed by atoms with Crippen molar-refractivity contribution >= 4 is 18.4 Å². The minimum Gasteiger partial charge on any atom is -0.554 e. The Kier molecular flexibility index (Phi) is 14.5. The third kappa shape index (κ3) is 9.06. The van der Waals surface area contributed by atoms with E-state index in [1.807, 2.05) is 74.5 Å². The summed E-state index contributed by atoms with van der Waals surface area (Å²) in [5.74, 6) is -0.880. The Hall–Kier alpha value is -3.23. The number of ether oxygens (including phenoxy) is 3. The Labute approximate surface area is 287 Å². The van der Waals surface area contributed by atoms with Gasteiger partial charge in [-0.05, 0) is 17.5 Å². The molecule has 2 aromatic rings. The summed E-state index contributed by atoms with van der Waals surface area (Å²) >= 11 is 0. The van der Waals surface area contributed by atoms with Gasteiger partial charge in [-0.15, -0.1) is 0 Å². The molecule has 3 heterocycles. The van der Waals surface area contributed by atoms with E-state index < -0.39 is 24.3 Å². The van der Waals surface area contributed by atoms with E-state index in [2.05, 4.69) is 6.92 Å². The largest absolute Gasteiger partial charge is 0.554 e. The number of rotatable bonds is 16. The molecule has 0 aliphatic carbocycles. The van der Waals surface area contributed by atoms with Crippen molar-refractivity contribution < 1.29 is 38.2 Å². The average Bonchev–Trinajstić information content (AvgIpc) is 3.63. The van der Waals surface area contributed by atoms with E-state index in [0.29, 0.717) is 29.6 Å². The van der Waals surface area contributed by atoms with Gasteiger partial charge in [-0.1, -0.05) is 120 Å². The number of carbonyl (C=O) groups excluding carboxylic acids is 3. The number of hydrogen-bond donors (Lipinski definition) is 0.